The molecule has 40 heavy (non-hydrogen) atoms. The molecular formula is C25H8Cl12O3. The Kier molecular flexibility index (Phi) is 10.4. The van der Waals surface area contributed by atoms with Gasteiger partial charge in [-0.3, -0.25) is 0 Å². The Hall–Kier alpha value is -0.240. The molecule has 210 valence electrons. The minimum absolute atomic E-state index is 0.0307. The first-order chi connectivity index (χ1) is 18.6. The SMILES string of the molecule is Clc1cc2oc3c(Cl)c(Cl)c(Cl)c(Cl)c3c2cc1Cl.Oc1c(Cl)cc(Cl)c(Cl)c1Cc1c(O)c(Cl)cc(Cl)c1Cl. The van der Waals surface area contributed by atoms with Gasteiger partial charge in [0, 0.05) is 29.0 Å². The first-order valence-electron chi connectivity index (χ1n) is 10.4. The van der Waals surface area contributed by atoms with Crippen molar-refractivity contribution in [2.75, 3.05) is 0 Å². The quantitative estimate of drug-likeness (QED) is 0.139. The first-order valence-corrected chi connectivity index (χ1v) is 14.9. The zero-order chi connectivity index (χ0) is 29.8. The van der Waals surface area contributed by atoms with Crippen molar-refractivity contribution in [1.29, 1.82) is 0 Å². The maximum Gasteiger partial charge on any atom is 0.157 e. The zero-order valence-corrected chi connectivity index (χ0v) is 27.9. The number of fused-ring (bicyclic) bond motifs is 3. The third-order valence-corrected chi connectivity index (χ3v) is 10.3. The summed E-state index contributed by atoms with van der Waals surface area (Å²) in [7, 11) is 0. The van der Waals surface area contributed by atoms with Crippen LogP contribution < -0.4 is 0 Å². The fraction of sp³-hybridized carbons (Fsp3) is 0.0400. The highest BCUT2D eigenvalue weighted by molar-refractivity contribution is 6.56. The molecule has 0 amide bonds. The van der Waals surface area contributed by atoms with Crippen LogP contribution in [0.5, 0.6) is 11.5 Å². The molecule has 0 radical (unpaired) electrons. The predicted octanol–water partition coefficient (Wildman–Crippen LogP) is 14.1. The molecule has 0 fully saturated rings. The lowest BCUT2D eigenvalue weighted by Gasteiger charge is -2.14. The van der Waals surface area contributed by atoms with E-state index >= 15 is 0 Å². The molecule has 5 rings (SSSR count). The summed E-state index contributed by atoms with van der Waals surface area (Å²) in [5, 5.41) is 23.4. The van der Waals surface area contributed by atoms with Crippen LogP contribution in [0.25, 0.3) is 21.9 Å². The number of benzene rings is 4. The molecule has 0 saturated carbocycles. The fourth-order valence-electron chi connectivity index (χ4n) is 3.64. The standard InChI is InChI=1S/C13H6Cl6O2.C12H2Cl6O/c14-6-2-8(16)12(20)4(10(6)18)1-5-11(19)7(15)3-9(17)13(5)21;13-4-1-3-6(2-5(4)14)19-12-7(3)8(15)9(16)10(17)11(12)18/h2-3,20-21H,1H2;1-2H. The van der Waals surface area contributed by atoms with Crippen molar-refractivity contribution in [3.8, 4) is 11.5 Å². The second-order valence-corrected chi connectivity index (χ2v) is 12.7. The van der Waals surface area contributed by atoms with Gasteiger partial charge in [-0.1, -0.05) is 139 Å². The number of furan rings is 1. The second kappa shape index (κ2) is 12.8. The highest BCUT2D eigenvalue weighted by Crippen LogP contribution is 2.48. The van der Waals surface area contributed by atoms with Crippen molar-refractivity contribution in [1.82, 2.24) is 0 Å². The van der Waals surface area contributed by atoms with E-state index in [1.807, 2.05) is 0 Å². The van der Waals surface area contributed by atoms with Gasteiger partial charge in [0.1, 0.15) is 22.1 Å². The fourth-order valence-corrected chi connectivity index (χ4v) is 6.36. The highest BCUT2D eigenvalue weighted by Gasteiger charge is 2.22. The summed E-state index contributed by atoms with van der Waals surface area (Å²) in [5.41, 5.74) is 1.29. The minimum Gasteiger partial charge on any atom is -0.506 e. The number of phenolic OH excluding ortho intramolecular Hbond substituents is 2. The maximum absolute atomic E-state index is 10.0. The van der Waals surface area contributed by atoms with E-state index in [0.717, 1.165) is 0 Å². The molecule has 0 spiro atoms. The molecule has 1 heterocycles. The summed E-state index contributed by atoms with van der Waals surface area (Å²) in [5.74, 6) is -0.504. The average Bonchev–Trinajstić information content (AvgIpc) is 3.27. The van der Waals surface area contributed by atoms with Crippen LogP contribution in [0.4, 0.5) is 0 Å². The molecule has 0 aliphatic carbocycles. The summed E-state index contributed by atoms with van der Waals surface area (Å²) >= 11 is 72.0. The van der Waals surface area contributed by atoms with E-state index in [9.17, 15) is 10.2 Å². The first kappa shape index (κ1) is 32.7. The van der Waals surface area contributed by atoms with Crippen molar-refractivity contribution < 1.29 is 14.6 Å². The monoisotopic (exact) mass is 776 g/mol. The van der Waals surface area contributed by atoms with Crippen LogP contribution in [0.3, 0.4) is 0 Å². The van der Waals surface area contributed by atoms with Crippen LogP contribution in [0.2, 0.25) is 60.3 Å². The largest absolute Gasteiger partial charge is 0.506 e. The normalized spacial score (nSPS) is 11.3. The van der Waals surface area contributed by atoms with Gasteiger partial charge in [-0.25, -0.2) is 0 Å². The smallest absolute Gasteiger partial charge is 0.157 e. The van der Waals surface area contributed by atoms with Crippen LogP contribution in [-0.2, 0) is 6.42 Å². The molecular weight excluding hydrogens is 774 g/mol. The molecule has 3 nitrogen and oxygen atoms in total. The zero-order valence-electron chi connectivity index (χ0n) is 18.9. The molecule has 0 saturated heterocycles. The number of rotatable bonds is 2. The lowest BCUT2D eigenvalue weighted by atomic mass is 10.0. The Balaban J connectivity index is 0.000000186. The number of aromatic hydroxyl groups is 2. The Bertz CT molecular complexity index is 1720. The minimum atomic E-state index is -0.252. The molecule has 0 atom stereocenters. The van der Waals surface area contributed by atoms with Crippen LogP contribution in [0.15, 0.2) is 28.7 Å². The Morgan fingerprint density at radius 2 is 0.925 bits per heavy atom. The van der Waals surface area contributed by atoms with Crippen molar-refractivity contribution >= 4 is 161 Å². The van der Waals surface area contributed by atoms with E-state index in [1.54, 1.807) is 12.1 Å². The van der Waals surface area contributed by atoms with E-state index in [2.05, 4.69) is 0 Å². The van der Waals surface area contributed by atoms with Gasteiger partial charge in [0.2, 0.25) is 0 Å². The molecule has 2 N–H and O–H groups in total. The maximum atomic E-state index is 10.0. The van der Waals surface area contributed by atoms with Gasteiger partial charge >= 0.3 is 0 Å². The number of phenols is 2. The topological polar surface area (TPSA) is 53.6 Å². The Morgan fingerprint density at radius 3 is 1.43 bits per heavy atom. The summed E-state index contributed by atoms with van der Waals surface area (Å²) < 4.78 is 5.63. The molecule has 0 aliphatic heterocycles. The van der Waals surface area contributed by atoms with Crippen molar-refractivity contribution in [2.24, 2.45) is 0 Å². The van der Waals surface area contributed by atoms with Gasteiger partial charge in [0.25, 0.3) is 0 Å². The third kappa shape index (κ3) is 6.06. The van der Waals surface area contributed by atoms with E-state index in [1.165, 1.54) is 12.1 Å². The van der Waals surface area contributed by atoms with Crippen molar-refractivity contribution in [2.45, 2.75) is 6.42 Å². The summed E-state index contributed by atoms with van der Waals surface area (Å²) in [6.45, 7) is 0. The Morgan fingerprint density at radius 1 is 0.475 bits per heavy atom. The van der Waals surface area contributed by atoms with Gasteiger partial charge in [-0.05, 0) is 18.2 Å². The summed E-state index contributed by atoms with van der Waals surface area (Å²) in [6, 6.07) is 5.87. The molecule has 5 aromatic rings. The van der Waals surface area contributed by atoms with E-state index in [0.29, 0.717) is 32.0 Å². The highest BCUT2D eigenvalue weighted by atomic mass is 35.5. The molecule has 15 heteroatoms. The summed E-state index contributed by atoms with van der Waals surface area (Å²) in [6.07, 6.45) is -0.0457. The number of hydrogen-bond donors (Lipinski definition) is 2. The number of hydrogen-bond acceptors (Lipinski definition) is 3. The van der Waals surface area contributed by atoms with E-state index in [-0.39, 0.29) is 79.3 Å². The predicted molar refractivity (Wildman–Crippen MR) is 173 cm³/mol. The number of halogens is 12. The molecule has 0 bridgehead atoms. The Labute approximate surface area is 286 Å². The van der Waals surface area contributed by atoms with Gasteiger partial charge in [-0.2, -0.15) is 0 Å². The van der Waals surface area contributed by atoms with E-state index < -0.39 is 0 Å². The van der Waals surface area contributed by atoms with Gasteiger partial charge in [0.05, 0.1) is 60.6 Å². The molecule has 4 aromatic carbocycles. The van der Waals surface area contributed by atoms with Crippen LogP contribution in [0.1, 0.15) is 11.1 Å². The van der Waals surface area contributed by atoms with Gasteiger partial charge in [-0.15, -0.1) is 0 Å². The second-order valence-electron chi connectivity index (χ2n) is 7.96. The molecule has 0 unspecified atom stereocenters. The lowest BCUT2D eigenvalue weighted by molar-refractivity contribution is 0.463. The van der Waals surface area contributed by atoms with Gasteiger partial charge < -0.3 is 14.6 Å². The van der Waals surface area contributed by atoms with Crippen LogP contribution >= 0.6 is 139 Å². The average molecular weight is 782 g/mol. The van der Waals surface area contributed by atoms with Crippen LogP contribution in [-0.4, -0.2) is 10.2 Å². The molecule has 0 aliphatic rings. The van der Waals surface area contributed by atoms with Gasteiger partial charge in [0.15, 0.2) is 5.58 Å². The van der Waals surface area contributed by atoms with Crippen LogP contribution in [0, 0.1) is 0 Å². The van der Waals surface area contributed by atoms with E-state index in [4.69, 9.17) is 144 Å². The van der Waals surface area contributed by atoms with Crippen molar-refractivity contribution in [3.05, 3.63) is 95.7 Å². The van der Waals surface area contributed by atoms with Crippen molar-refractivity contribution in [3.63, 3.8) is 0 Å². The molecule has 1 aromatic heterocycles. The summed E-state index contributed by atoms with van der Waals surface area (Å²) in [4.78, 5) is 0. The lowest BCUT2D eigenvalue weighted by Crippen LogP contribution is -1.95. The third-order valence-electron chi connectivity index (χ3n) is 5.56.